The molecule has 0 spiro atoms. The van der Waals surface area contributed by atoms with Crippen LogP contribution in [0.5, 0.6) is 0 Å². The second-order valence-corrected chi connectivity index (χ2v) is 6.49. The number of piperazine rings is 1. The van der Waals surface area contributed by atoms with Crippen molar-refractivity contribution in [2.45, 2.75) is 46.3 Å². The van der Waals surface area contributed by atoms with E-state index in [0.29, 0.717) is 6.54 Å². The molecule has 1 fully saturated rings. The van der Waals surface area contributed by atoms with E-state index in [1.807, 2.05) is 34.6 Å². The van der Waals surface area contributed by atoms with Gasteiger partial charge in [-0.15, -0.1) is 0 Å². The van der Waals surface area contributed by atoms with Gasteiger partial charge in [0, 0.05) is 31.9 Å². The largest absolute Gasteiger partial charge is 0.444 e. The number of carbonyl (C=O) groups is 1. The van der Waals surface area contributed by atoms with Gasteiger partial charge in [0.15, 0.2) is 0 Å². The zero-order chi connectivity index (χ0) is 15.6. The van der Waals surface area contributed by atoms with Gasteiger partial charge in [-0.25, -0.2) is 9.78 Å². The molecule has 0 unspecified atom stereocenters. The summed E-state index contributed by atoms with van der Waals surface area (Å²) >= 11 is 0. The van der Waals surface area contributed by atoms with Gasteiger partial charge in [-0.1, -0.05) is 0 Å². The van der Waals surface area contributed by atoms with Crippen molar-refractivity contribution in [3.63, 3.8) is 0 Å². The first kappa shape index (κ1) is 15.5. The summed E-state index contributed by atoms with van der Waals surface area (Å²) in [6.07, 6.45) is 3.26. The number of amides is 1. The van der Waals surface area contributed by atoms with E-state index < -0.39 is 5.60 Å². The second kappa shape index (κ2) is 5.87. The zero-order valence-electron chi connectivity index (χ0n) is 13.5. The van der Waals surface area contributed by atoms with Crippen LogP contribution >= 0.6 is 0 Å². The zero-order valence-corrected chi connectivity index (χ0v) is 13.5. The Morgan fingerprint density at radius 1 is 1.33 bits per heavy atom. The average molecular weight is 292 g/mol. The van der Waals surface area contributed by atoms with E-state index in [1.165, 1.54) is 0 Å². The summed E-state index contributed by atoms with van der Waals surface area (Å²) in [6.45, 7) is 11.7. The quantitative estimate of drug-likeness (QED) is 0.794. The maximum atomic E-state index is 12.2. The molecule has 2 heterocycles. The highest BCUT2D eigenvalue weighted by molar-refractivity contribution is 5.69. The van der Waals surface area contributed by atoms with Gasteiger partial charge in [0.05, 0.1) is 11.9 Å². The highest BCUT2D eigenvalue weighted by Crippen LogP contribution is 2.19. The molecule has 0 N–H and O–H groups in total. The smallest absolute Gasteiger partial charge is 0.410 e. The summed E-state index contributed by atoms with van der Waals surface area (Å²) in [7, 11) is 0. The summed E-state index contributed by atoms with van der Waals surface area (Å²) in [5.41, 5.74) is 0.436. The standard InChI is InChI=1S/C15H24N4O2/c1-11-8-16-9-13(17-11)18-6-7-19(12(2)10-18)14(20)21-15(3,4)5/h8-9,12H,6-7,10H2,1-5H3/t12-/m1/s1. The molecule has 1 aliphatic rings. The van der Waals surface area contributed by atoms with E-state index in [0.717, 1.165) is 24.6 Å². The van der Waals surface area contributed by atoms with Crippen molar-refractivity contribution in [3.8, 4) is 0 Å². The number of aryl methyl sites for hydroxylation is 1. The van der Waals surface area contributed by atoms with Gasteiger partial charge < -0.3 is 14.5 Å². The second-order valence-electron chi connectivity index (χ2n) is 6.49. The summed E-state index contributed by atoms with van der Waals surface area (Å²) in [5, 5.41) is 0. The molecular weight excluding hydrogens is 268 g/mol. The fraction of sp³-hybridized carbons (Fsp3) is 0.667. The fourth-order valence-electron chi connectivity index (χ4n) is 2.36. The van der Waals surface area contributed by atoms with Crippen LogP contribution in [0.15, 0.2) is 12.4 Å². The van der Waals surface area contributed by atoms with Crippen LogP contribution in [0, 0.1) is 6.92 Å². The molecule has 116 valence electrons. The Morgan fingerprint density at radius 2 is 2.05 bits per heavy atom. The van der Waals surface area contributed by atoms with Gasteiger partial charge in [0.2, 0.25) is 0 Å². The van der Waals surface area contributed by atoms with Crippen LogP contribution in [0.3, 0.4) is 0 Å². The number of hydrogen-bond donors (Lipinski definition) is 0. The Morgan fingerprint density at radius 3 is 2.62 bits per heavy atom. The van der Waals surface area contributed by atoms with Gasteiger partial charge in [-0.3, -0.25) is 4.98 Å². The predicted molar refractivity (Wildman–Crippen MR) is 81.4 cm³/mol. The first-order valence-corrected chi connectivity index (χ1v) is 7.29. The average Bonchev–Trinajstić information content (AvgIpc) is 2.36. The number of anilines is 1. The Labute approximate surface area is 126 Å². The third-order valence-corrected chi connectivity index (χ3v) is 3.32. The first-order chi connectivity index (χ1) is 9.76. The molecule has 0 saturated carbocycles. The van der Waals surface area contributed by atoms with Gasteiger partial charge >= 0.3 is 6.09 Å². The first-order valence-electron chi connectivity index (χ1n) is 7.29. The molecule has 6 heteroatoms. The molecule has 6 nitrogen and oxygen atoms in total. The summed E-state index contributed by atoms with van der Waals surface area (Å²) in [6, 6.07) is 0.0795. The number of aromatic nitrogens is 2. The lowest BCUT2D eigenvalue weighted by Crippen LogP contribution is -2.55. The SMILES string of the molecule is Cc1cncc(N2CCN(C(=O)OC(C)(C)C)[C@H](C)C2)n1. The summed E-state index contributed by atoms with van der Waals surface area (Å²) in [5.74, 6) is 0.866. The van der Waals surface area contributed by atoms with Crippen molar-refractivity contribution in [1.82, 2.24) is 14.9 Å². The van der Waals surface area contributed by atoms with Crippen molar-refractivity contribution in [3.05, 3.63) is 18.1 Å². The Kier molecular flexibility index (Phi) is 4.34. The fourth-order valence-corrected chi connectivity index (χ4v) is 2.36. The minimum Gasteiger partial charge on any atom is -0.444 e. The minimum atomic E-state index is -0.462. The molecule has 21 heavy (non-hydrogen) atoms. The molecule has 1 amide bonds. The molecule has 0 bridgehead atoms. The third kappa shape index (κ3) is 4.06. The number of ether oxygens (including phenoxy) is 1. The third-order valence-electron chi connectivity index (χ3n) is 3.32. The Balaban J connectivity index is 2.01. The predicted octanol–water partition coefficient (Wildman–Crippen LogP) is 2.23. The lowest BCUT2D eigenvalue weighted by Gasteiger charge is -2.40. The summed E-state index contributed by atoms with van der Waals surface area (Å²) < 4.78 is 5.45. The van der Waals surface area contributed by atoms with Crippen LogP contribution in [0.4, 0.5) is 10.6 Å². The molecule has 0 radical (unpaired) electrons. The van der Waals surface area contributed by atoms with E-state index in [1.54, 1.807) is 17.3 Å². The maximum absolute atomic E-state index is 12.2. The Hall–Kier alpha value is -1.85. The van der Waals surface area contributed by atoms with Crippen LogP contribution in [-0.2, 0) is 4.74 Å². The molecule has 0 aromatic carbocycles. The van der Waals surface area contributed by atoms with Crippen LogP contribution < -0.4 is 4.90 Å². The molecule has 1 aliphatic heterocycles. The van der Waals surface area contributed by atoms with E-state index in [9.17, 15) is 4.79 Å². The van der Waals surface area contributed by atoms with Gasteiger partial charge in [-0.05, 0) is 34.6 Å². The van der Waals surface area contributed by atoms with Crippen LogP contribution in [0.1, 0.15) is 33.4 Å². The van der Waals surface area contributed by atoms with Crippen molar-refractivity contribution in [2.24, 2.45) is 0 Å². The molecule has 1 aromatic rings. The van der Waals surface area contributed by atoms with Crippen molar-refractivity contribution in [1.29, 1.82) is 0 Å². The molecule has 2 rings (SSSR count). The molecule has 1 aromatic heterocycles. The topological polar surface area (TPSA) is 58.6 Å². The summed E-state index contributed by atoms with van der Waals surface area (Å²) in [4.78, 5) is 24.8. The van der Waals surface area contributed by atoms with Crippen molar-refractivity contribution < 1.29 is 9.53 Å². The number of carbonyl (C=O) groups excluding carboxylic acids is 1. The maximum Gasteiger partial charge on any atom is 0.410 e. The number of rotatable bonds is 1. The lowest BCUT2D eigenvalue weighted by molar-refractivity contribution is 0.0158. The van der Waals surface area contributed by atoms with E-state index >= 15 is 0 Å². The molecule has 0 aliphatic carbocycles. The molecular formula is C15H24N4O2. The normalized spacial score (nSPS) is 19.6. The number of nitrogens with zero attached hydrogens (tertiary/aromatic N) is 4. The van der Waals surface area contributed by atoms with Crippen LogP contribution in [0.25, 0.3) is 0 Å². The van der Waals surface area contributed by atoms with Crippen molar-refractivity contribution >= 4 is 11.9 Å². The Bertz CT molecular complexity index is 513. The number of hydrogen-bond acceptors (Lipinski definition) is 5. The van der Waals surface area contributed by atoms with Gasteiger partial charge in [0.25, 0.3) is 0 Å². The minimum absolute atomic E-state index is 0.0795. The van der Waals surface area contributed by atoms with E-state index in [2.05, 4.69) is 14.9 Å². The molecule has 1 atom stereocenters. The monoisotopic (exact) mass is 292 g/mol. The van der Waals surface area contributed by atoms with Crippen molar-refractivity contribution in [2.75, 3.05) is 24.5 Å². The van der Waals surface area contributed by atoms with Crippen LogP contribution in [0.2, 0.25) is 0 Å². The van der Waals surface area contributed by atoms with E-state index in [4.69, 9.17) is 4.74 Å². The molecule has 1 saturated heterocycles. The highest BCUT2D eigenvalue weighted by atomic mass is 16.6. The van der Waals surface area contributed by atoms with Gasteiger partial charge in [-0.2, -0.15) is 0 Å². The van der Waals surface area contributed by atoms with E-state index in [-0.39, 0.29) is 12.1 Å². The van der Waals surface area contributed by atoms with Gasteiger partial charge in [0.1, 0.15) is 11.4 Å². The lowest BCUT2D eigenvalue weighted by atomic mass is 10.2. The highest BCUT2D eigenvalue weighted by Gasteiger charge is 2.31. The van der Waals surface area contributed by atoms with Crippen LogP contribution in [-0.4, -0.2) is 52.2 Å².